The van der Waals surface area contributed by atoms with Crippen LogP contribution in [-0.4, -0.2) is 13.2 Å². The molecule has 94 valence electrons. The van der Waals surface area contributed by atoms with E-state index >= 15 is 0 Å². The molecule has 0 bridgehead atoms. The summed E-state index contributed by atoms with van der Waals surface area (Å²) in [6, 6.07) is 6.96. The number of rotatable bonds is 5. The average molecular weight is 233 g/mol. The van der Waals surface area contributed by atoms with E-state index in [1.54, 1.807) is 0 Å². The molecule has 0 saturated heterocycles. The molecule has 0 fully saturated rings. The number of nitrogens with one attached hydrogen (secondary N) is 1. The van der Waals surface area contributed by atoms with Gasteiger partial charge in [-0.05, 0) is 50.4 Å². The summed E-state index contributed by atoms with van der Waals surface area (Å²) in [4.78, 5) is 0. The maximum atomic E-state index is 6.06. The predicted octanol–water partition coefficient (Wildman–Crippen LogP) is 3.46. The summed E-state index contributed by atoms with van der Waals surface area (Å²) < 4.78 is 6.06. The Morgan fingerprint density at radius 3 is 3.00 bits per heavy atom. The van der Waals surface area contributed by atoms with Gasteiger partial charge in [0.05, 0.1) is 6.10 Å². The van der Waals surface area contributed by atoms with Gasteiger partial charge in [0, 0.05) is 6.04 Å². The Balaban J connectivity index is 2.17. The first kappa shape index (κ1) is 12.4. The summed E-state index contributed by atoms with van der Waals surface area (Å²) >= 11 is 0. The molecule has 1 aromatic rings. The van der Waals surface area contributed by atoms with Gasteiger partial charge in [0.2, 0.25) is 0 Å². The van der Waals surface area contributed by atoms with Gasteiger partial charge in [-0.15, -0.1) is 0 Å². The zero-order valence-electron chi connectivity index (χ0n) is 11.1. The van der Waals surface area contributed by atoms with Gasteiger partial charge in [-0.25, -0.2) is 0 Å². The molecule has 2 nitrogen and oxygen atoms in total. The van der Waals surface area contributed by atoms with Gasteiger partial charge in [-0.3, -0.25) is 0 Å². The fraction of sp³-hybridized carbons (Fsp3) is 0.600. The summed E-state index contributed by atoms with van der Waals surface area (Å²) in [6.45, 7) is 4.36. The monoisotopic (exact) mass is 233 g/mol. The van der Waals surface area contributed by atoms with Crippen molar-refractivity contribution in [1.82, 2.24) is 5.32 Å². The summed E-state index contributed by atoms with van der Waals surface area (Å²) in [7, 11) is 2.03. The zero-order valence-corrected chi connectivity index (χ0v) is 11.1. The van der Waals surface area contributed by atoms with Gasteiger partial charge in [-0.2, -0.15) is 0 Å². The number of fused-ring (bicyclic) bond motifs is 1. The first-order chi connectivity index (χ1) is 8.26. The lowest BCUT2D eigenvalue weighted by Gasteiger charge is -2.17. The highest BCUT2D eigenvalue weighted by molar-refractivity contribution is 5.45. The van der Waals surface area contributed by atoms with Gasteiger partial charge >= 0.3 is 0 Å². The highest BCUT2D eigenvalue weighted by Crippen LogP contribution is 2.37. The summed E-state index contributed by atoms with van der Waals surface area (Å²) in [5.41, 5.74) is 2.84. The minimum absolute atomic E-state index is 0.320. The van der Waals surface area contributed by atoms with Crippen molar-refractivity contribution in [2.24, 2.45) is 0 Å². The Labute approximate surface area is 104 Å². The van der Waals surface area contributed by atoms with E-state index in [0.717, 1.165) is 18.6 Å². The van der Waals surface area contributed by atoms with E-state index in [1.807, 2.05) is 7.05 Å². The van der Waals surface area contributed by atoms with Crippen LogP contribution in [0.25, 0.3) is 0 Å². The highest BCUT2D eigenvalue weighted by atomic mass is 16.5. The molecule has 0 amide bonds. The second-order valence-electron chi connectivity index (χ2n) is 4.92. The standard InChI is InChI=1S/C15H23NO/c1-4-6-11(2)17-15-8-5-7-12-13(15)9-10-14(12)16-3/h5,7-8,11,14,16H,4,6,9-10H2,1-3H3. The number of hydrogen-bond donors (Lipinski definition) is 1. The quantitative estimate of drug-likeness (QED) is 0.841. The van der Waals surface area contributed by atoms with Crippen molar-refractivity contribution < 1.29 is 4.74 Å². The molecular weight excluding hydrogens is 210 g/mol. The first-order valence-electron chi connectivity index (χ1n) is 6.72. The highest BCUT2D eigenvalue weighted by Gasteiger charge is 2.24. The van der Waals surface area contributed by atoms with Crippen molar-refractivity contribution in [3.63, 3.8) is 0 Å². The van der Waals surface area contributed by atoms with Crippen LogP contribution >= 0.6 is 0 Å². The molecule has 0 saturated carbocycles. The largest absolute Gasteiger partial charge is 0.490 e. The van der Waals surface area contributed by atoms with Crippen LogP contribution in [0.4, 0.5) is 0 Å². The molecule has 1 N–H and O–H groups in total. The third-order valence-corrected chi connectivity index (χ3v) is 3.60. The van der Waals surface area contributed by atoms with E-state index in [-0.39, 0.29) is 0 Å². The van der Waals surface area contributed by atoms with Crippen LogP contribution in [0.5, 0.6) is 5.75 Å². The molecule has 2 unspecified atom stereocenters. The fourth-order valence-corrected chi connectivity index (χ4v) is 2.71. The van der Waals surface area contributed by atoms with E-state index < -0.39 is 0 Å². The third kappa shape index (κ3) is 2.63. The predicted molar refractivity (Wildman–Crippen MR) is 71.6 cm³/mol. The Morgan fingerprint density at radius 1 is 1.47 bits per heavy atom. The molecule has 1 aliphatic carbocycles. The smallest absolute Gasteiger partial charge is 0.123 e. The van der Waals surface area contributed by atoms with Crippen molar-refractivity contribution in [3.05, 3.63) is 29.3 Å². The van der Waals surface area contributed by atoms with Crippen molar-refractivity contribution in [3.8, 4) is 5.75 Å². The van der Waals surface area contributed by atoms with Gasteiger partial charge in [0.15, 0.2) is 0 Å². The van der Waals surface area contributed by atoms with Gasteiger partial charge in [0.25, 0.3) is 0 Å². The van der Waals surface area contributed by atoms with Crippen molar-refractivity contribution in [1.29, 1.82) is 0 Å². The first-order valence-corrected chi connectivity index (χ1v) is 6.72. The Hall–Kier alpha value is -1.02. The molecule has 0 heterocycles. The molecule has 2 heteroatoms. The lowest BCUT2D eigenvalue weighted by molar-refractivity contribution is 0.208. The molecule has 2 rings (SSSR count). The van der Waals surface area contributed by atoms with Crippen molar-refractivity contribution in [2.75, 3.05) is 7.05 Å². The Kier molecular flexibility index (Phi) is 4.06. The molecule has 2 atom stereocenters. The molecule has 0 aliphatic heterocycles. The minimum Gasteiger partial charge on any atom is -0.490 e. The van der Waals surface area contributed by atoms with Gasteiger partial charge in [-0.1, -0.05) is 25.5 Å². The molecule has 0 spiro atoms. The summed E-state index contributed by atoms with van der Waals surface area (Å²) in [5, 5.41) is 3.37. The van der Waals surface area contributed by atoms with E-state index in [1.165, 1.54) is 24.0 Å². The van der Waals surface area contributed by atoms with Crippen LogP contribution in [0, 0.1) is 0 Å². The van der Waals surface area contributed by atoms with E-state index in [9.17, 15) is 0 Å². The molecule has 0 aromatic heterocycles. The second-order valence-corrected chi connectivity index (χ2v) is 4.92. The summed E-state index contributed by atoms with van der Waals surface area (Å²) in [6.07, 6.45) is 4.94. The van der Waals surface area contributed by atoms with Gasteiger partial charge < -0.3 is 10.1 Å². The lowest BCUT2D eigenvalue weighted by Crippen LogP contribution is -2.14. The normalized spacial score (nSPS) is 20.1. The molecule has 17 heavy (non-hydrogen) atoms. The fourth-order valence-electron chi connectivity index (χ4n) is 2.71. The maximum Gasteiger partial charge on any atom is 0.123 e. The van der Waals surface area contributed by atoms with Crippen LogP contribution < -0.4 is 10.1 Å². The number of benzene rings is 1. The average Bonchev–Trinajstić information content (AvgIpc) is 2.73. The Bertz CT molecular complexity index is 375. The molecule has 0 radical (unpaired) electrons. The molecule has 1 aliphatic rings. The molecular formula is C15H23NO. The van der Waals surface area contributed by atoms with Crippen molar-refractivity contribution in [2.45, 2.75) is 51.7 Å². The SMILES string of the molecule is CCCC(C)Oc1cccc2c1CCC2NC. The molecule has 1 aromatic carbocycles. The minimum atomic E-state index is 0.320. The van der Waals surface area contributed by atoms with Crippen LogP contribution in [-0.2, 0) is 6.42 Å². The third-order valence-electron chi connectivity index (χ3n) is 3.60. The van der Waals surface area contributed by atoms with E-state index in [2.05, 4.69) is 37.4 Å². The van der Waals surface area contributed by atoms with Crippen molar-refractivity contribution >= 4 is 0 Å². The topological polar surface area (TPSA) is 21.3 Å². The van der Waals surface area contributed by atoms with Crippen LogP contribution in [0.2, 0.25) is 0 Å². The number of ether oxygens (including phenoxy) is 1. The number of hydrogen-bond acceptors (Lipinski definition) is 2. The van der Waals surface area contributed by atoms with Gasteiger partial charge in [0.1, 0.15) is 5.75 Å². The van der Waals surface area contributed by atoms with E-state index in [4.69, 9.17) is 4.74 Å². The summed E-state index contributed by atoms with van der Waals surface area (Å²) in [5.74, 6) is 1.10. The maximum absolute atomic E-state index is 6.06. The van der Waals surface area contributed by atoms with E-state index in [0.29, 0.717) is 12.1 Å². The van der Waals surface area contributed by atoms with Crippen LogP contribution in [0.1, 0.15) is 50.3 Å². The second kappa shape index (κ2) is 5.54. The zero-order chi connectivity index (χ0) is 12.3. The Morgan fingerprint density at radius 2 is 2.29 bits per heavy atom. The lowest BCUT2D eigenvalue weighted by atomic mass is 10.1. The van der Waals surface area contributed by atoms with Crippen LogP contribution in [0.15, 0.2) is 18.2 Å². The van der Waals surface area contributed by atoms with Crippen LogP contribution in [0.3, 0.4) is 0 Å².